The molecule has 0 radical (unpaired) electrons. The van der Waals surface area contributed by atoms with Gasteiger partial charge in [-0.15, -0.1) is 0 Å². The van der Waals surface area contributed by atoms with Crippen molar-refractivity contribution in [3.8, 4) is 0 Å². The van der Waals surface area contributed by atoms with Crippen LogP contribution in [-0.2, 0) is 11.3 Å². The Kier molecular flexibility index (Phi) is 5.28. The molecular formula is C20H24ClN3O. The first-order valence-electron chi connectivity index (χ1n) is 8.70. The van der Waals surface area contributed by atoms with E-state index >= 15 is 0 Å². The van der Waals surface area contributed by atoms with Gasteiger partial charge in [0.05, 0.1) is 12.2 Å². The van der Waals surface area contributed by atoms with E-state index in [4.69, 9.17) is 11.6 Å². The first-order chi connectivity index (χ1) is 12.0. The van der Waals surface area contributed by atoms with Gasteiger partial charge in [-0.1, -0.05) is 36.7 Å². The van der Waals surface area contributed by atoms with E-state index in [1.807, 2.05) is 53.8 Å². The number of benzene rings is 1. The quantitative estimate of drug-likeness (QED) is 0.773. The molecule has 1 unspecified atom stereocenters. The summed E-state index contributed by atoms with van der Waals surface area (Å²) in [5, 5.41) is 5.36. The number of hydrogen-bond donors (Lipinski definition) is 0. The fraction of sp³-hybridized carbons (Fsp3) is 0.400. The van der Waals surface area contributed by atoms with Gasteiger partial charge in [0.1, 0.15) is 0 Å². The highest BCUT2D eigenvalue weighted by Crippen LogP contribution is 2.21. The van der Waals surface area contributed by atoms with Gasteiger partial charge in [0, 0.05) is 35.4 Å². The van der Waals surface area contributed by atoms with E-state index in [0.717, 1.165) is 47.0 Å². The van der Waals surface area contributed by atoms with E-state index in [-0.39, 0.29) is 5.91 Å². The molecule has 3 rings (SSSR count). The third kappa shape index (κ3) is 3.96. The van der Waals surface area contributed by atoms with Crippen LogP contribution in [0.4, 0.5) is 0 Å². The topological polar surface area (TPSA) is 38.1 Å². The molecule has 1 amide bonds. The van der Waals surface area contributed by atoms with Gasteiger partial charge in [0.2, 0.25) is 5.91 Å². The van der Waals surface area contributed by atoms with Crippen molar-refractivity contribution in [3.05, 3.63) is 57.9 Å². The number of halogens is 1. The Bertz CT molecular complexity index is 809. The lowest BCUT2D eigenvalue weighted by Crippen LogP contribution is -2.26. The van der Waals surface area contributed by atoms with Crippen molar-refractivity contribution in [3.63, 3.8) is 0 Å². The van der Waals surface area contributed by atoms with E-state index < -0.39 is 0 Å². The van der Waals surface area contributed by atoms with Crippen molar-refractivity contribution in [1.82, 2.24) is 14.7 Å². The van der Waals surface area contributed by atoms with Crippen molar-refractivity contribution < 1.29 is 4.79 Å². The fourth-order valence-electron chi connectivity index (χ4n) is 3.29. The fourth-order valence-corrected chi connectivity index (χ4v) is 3.48. The third-order valence-electron chi connectivity index (χ3n) is 4.84. The molecule has 1 atom stereocenters. The van der Waals surface area contributed by atoms with Gasteiger partial charge in [-0.2, -0.15) is 5.10 Å². The molecule has 4 nitrogen and oxygen atoms in total. The summed E-state index contributed by atoms with van der Waals surface area (Å²) >= 11 is 6.25. The Morgan fingerprint density at radius 1 is 1.36 bits per heavy atom. The number of rotatable bonds is 4. The van der Waals surface area contributed by atoms with Crippen LogP contribution in [0.25, 0.3) is 6.08 Å². The Hall–Kier alpha value is -2.07. The van der Waals surface area contributed by atoms with E-state index in [9.17, 15) is 4.79 Å². The van der Waals surface area contributed by atoms with Crippen molar-refractivity contribution in [2.45, 2.75) is 33.7 Å². The summed E-state index contributed by atoms with van der Waals surface area (Å²) in [4.78, 5) is 14.2. The minimum Gasteiger partial charge on any atom is -0.339 e. The smallest absolute Gasteiger partial charge is 0.246 e. The summed E-state index contributed by atoms with van der Waals surface area (Å²) in [6.45, 7) is 8.51. The van der Waals surface area contributed by atoms with E-state index in [2.05, 4.69) is 12.0 Å². The average molecular weight is 358 g/mol. The van der Waals surface area contributed by atoms with E-state index in [0.29, 0.717) is 12.5 Å². The van der Waals surface area contributed by atoms with Crippen LogP contribution in [0.15, 0.2) is 30.3 Å². The molecule has 0 N–H and O–H groups in total. The number of carbonyl (C=O) groups excluding carboxylic acids is 1. The van der Waals surface area contributed by atoms with Crippen LogP contribution in [0.5, 0.6) is 0 Å². The molecule has 0 spiro atoms. The zero-order valence-electron chi connectivity index (χ0n) is 15.0. The van der Waals surface area contributed by atoms with E-state index in [1.165, 1.54) is 0 Å². The summed E-state index contributed by atoms with van der Waals surface area (Å²) in [7, 11) is 0. The molecule has 2 heterocycles. The van der Waals surface area contributed by atoms with Crippen molar-refractivity contribution in [1.29, 1.82) is 0 Å². The predicted octanol–water partition coefficient (Wildman–Crippen LogP) is 4.08. The summed E-state index contributed by atoms with van der Waals surface area (Å²) in [6.07, 6.45) is 4.66. The second-order valence-electron chi connectivity index (χ2n) is 6.84. The molecule has 1 aromatic carbocycles. The maximum Gasteiger partial charge on any atom is 0.246 e. The standard InChI is InChI=1S/C20H24ClN3O/c1-14-10-11-23(12-14)20(25)9-8-18-15(2)22-24(16(18)3)13-17-6-4-5-7-19(17)21/h4-9,14H,10-13H2,1-3H3/b9-8+. The van der Waals surface area contributed by atoms with Crippen LogP contribution in [0.3, 0.4) is 0 Å². The molecule has 1 fully saturated rings. The lowest BCUT2D eigenvalue weighted by atomic mass is 10.1. The maximum absolute atomic E-state index is 12.3. The van der Waals surface area contributed by atoms with Crippen LogP contribution in [-0.4, -0.2) is 33.7 Å². The first-order valence-corrected chi connectivity index (χ1v) is 9.08. The summed E-state index contributed by atoms with van der Waals surface area (Å²) in [5.41, 5.74) is 4.00. The largest absolute Gasteiger partial charge is 0.339 e. The number of carbonyl (C=O) groups is 1. The zero-order chi connectivity index (χ0) is 18.0. The summed E-state index contributed by atoms with van der Waals surface area (Å²) in [5.74, 6) is 0.682. The third-order valence-corrected chi connectivity index (χ3v) is 5.21. The van der Waals surface area contributed by atoms with Crippen molar-refractivity contribution >= 4 is 23.6 Å². The number of hydrogen-bond acceptors (Lipinski definition) is 2. The molecule has 0 bridgehead atoms. The number of nitrogens with zero attached hydrogens (tertiary/aromatic N) is 3. The first kappa shape index (κ1) is 17.7. The number of aryl methyl sites for hydroxylation is 1. The van der Waals surface area contributed by atoms with Crippen molar-refractivity contribution in [2.75, 3.05) is 13.1 Å². The normalized spacial score (nSPS) is 17.6. The SMILES string of the molecule is Cc1nn(Cc2ccccc2Cl)c(C)c1/C=C/C(=O)N1CCC(C)C1. The van der Waals surface area contributed by atoms with E-state index in [1.54, 1.807) is 6.08 Å². The number of aromatic nitrogens is 2. The molecular weight excluding hydrogens is 334 g/mol. The van der Waals surface area contributed by atoms with Gasteiger partial charge in [-0.3, -0.25) is 9.48 Å². The van der Waals surface area contributed by atoms with Gasteiger partial charge in [-0.25, -0.2) is 0 Å². The average Bonchev–Trinajstić information content (AvgIpc) is 3.12. The molecule has 1 aliphatic rings. The second kappa shape index (κ2) is 7.44. The molecule has 2 aromatic rings. The minimum atomic E-state index is 0.0852. The zero-order valence-corrected chi connectivity index (χ0v) is 15.8. The summed E-state index contributed by atoms with van der Waals surface area (Å²) in [6, 6.07) is 7.79. The molecule has 0 aliphatic carbocycles. The molecule has 1 aliphatic heterocycles. The van der Waals surface area contributed by atoms with Crippen molar-refractivity contribution in [2.24, 2.45) is 5.92 Å². The van der Waals surface area contributed by atoms with Crippen LogP contribution >= 0.6 is 11.6 Å². The lowest BCUT2D eigenvalue weighted by Gasteiger charge is -2.12. The Labute approximate surface area is 154 Å². The van der Waals surface area contributed by atoms with Gasteiger partial charge in [0.25, 0.3) is 0 Å². The van der Waals surface area contributed by atoms with Crippen LogP contribution in [0, 0.1) is 19.8 Å². The van der Waals surface area contributed by atoms with Gasteiger partial charge in [-0.05, 0) is 43.9 Å². The highest BCUT2D eigenvalue weighted by atomic mass is 35.5. The van der Waals surface area contributed by atoms with Crippen LogP contribution in [0.2, 0.25) is 5.02 Å². The Balaban J connectivity index is 1.77. The Morgan fingerprint density at radius 2 is 2.12 bits per heavy atom. The predicted molar refractivity (Wildman–Crippen MR) is 102 cm³/mol. The van der Waals surface area contributed by atoms with Crippen LogP contribution in [0.1, 0.15) is 35.9 Å². The lowest BCUT2D eigenvalue weighted by molar-refractivity contribution is -0.125. The second-order valence-corrected chi connectivity index (χ2v) is 7.25. The minimum absolute atomic E-state index is 0.0852. The molecule has 132 valence electrons. The maximum atomic E-state index is 12.3. The highest BCUT2D eigenvalue weighted by molar-refractivity contribution is 6.31. The monoisotopic (exact) mass is 357 g/mol. The molecule has 25 heavy (non-hydrogen) atoms. The van der Waals surface area contributed by atoms with Gasteiger partial charge >= 0.3 is 0 Å². The van der Waals surface area contributed by atoms with Crippen LogP contribution < -0.4 is 0 Å². The number of amides is 1. The molecule has 1 saturated heterocycles. The van der Waals surface area contributed by atoms with Gasteiger partial charge < -0.3 is 4.90 Å². The van der Waals surface area contributed by atoms with Gasteiger partial charge in [0.15, 0.2) is 0 Å². The highest BCUT2D eigenvalue weighted by Gasteiger charge is 2.21. The summed E-state index contributed by atoms with van der Waals surface area (Å²) < 4.78 is 1.94. The molecule has 1 aromatic heterocycles. The molecule has 0 saturated carbocycles. The number of likely N-dealkylation sites (tertiary alicyclic amines) is 1. The Morgan fingerprint density at radius 3 is 2.80 bits per heavy atom. The molecule has 5 heteroatoms.